The second kappa shape index (κ2) is 38.9. The van der Waals surface area contributed by atoms with E-state index in [0.717, 1.165) is 6.54 Å². The maximum atomic E-state index is 9.48. The Kier molecular flexibility index (Phi) is 38.9. The van der Waals surface area contributed by atoms with Gasteiger partial charge in [-0.2, -0.15) is 0 Å². The van der Waals surface area contributed by atoms with Gasteiger partial charge >= 0.3 is 0 Å². The molecular formula is C40H83NO. The highest BCUT2D eigenvalue weighted by molar-refractivity contribution is 4.59. The monoisotopic (exact) mass is 594 g/mol. The molecule has 0 aromatic heterocycles. The number of rotatable bonds is 38. The number of aliphatic hydroxyl groups is 1. The topological polar surface area (TPSA) is 23.5 Å². The number of hydrogen-bond donors (Lipinski definition) is 1. The number of hydrogen-bond acceptors (Lipinski definition) is 2. The predicted molar refractivity (Wildman–Crippen MR) is 192 cm³/mol. The lowest BCUT2D eigenvalue weighted by Crippen LogP contribution is -2.29. The molecule has 0 aliphatic carbocycles. The van der Waals surface area contributed by atoms with Gasteiger partial charge in [-0.05, 0) is 25.9 Å². The second-order valence-corrected chi connectivity index (χ2v) is 13.9. The molecule has 0 aromatic carbocycles. The summed E-state index contributed by atoms with van der Waals surface area (Å²) < 4.78 is 0. The minimum atomic E-state index is 0.317. The maximum absolute atomic E-state index is 9.48. The molecule has 0 spiro atoms. The minimum absolute atomic E-state index is 0.317. The summed E-state index contributed by atoms with van der Waals surface area (Å²) in [6, 6.07) is 0. The second-order valence-electron chi connectivity index (χ2n) is 13.9. The van der Waals surface area contributed by atoms with Gasteiger partial charge in [0.2, 0.25) is 0 Å². The average Bonchev–Trinajstić information content (AvgIpc) is 3.00. The molecular weight excluding hydrogens is 510 g/mol. The Labute approximate surface area is 268 Å². The lowest BCUT2D eigenvalue weighted by atomic mass is 10.0. The smallest absolute Gasteiger partial charge is 0.0558 e. The zero-order valence-corrected chi connectivity index (χ0v) is 29.8. The number of aliphatic hydroxyl groups excluding tert-OH is 1. The summed E-state index contributed by atoms with van der Waals surface area (Å²) in [7, 11) is 0. The van der Waals surface area contributed by atoms with Crippen LogP contribution in [0.4, 0.5) is 0 Å². The largest absolute Gasteiger partial charge is 0.395 e. The van der Waals surface area contributed by atoms with Crippen LogP contribution in [0.2, 0.25) is 0 Å². The van der Waals surface area contributed by atoms with Crippen LogP contribution in [0.3, 0.4) is 0 Å². The van der Waals surface area contributed by atoms with Crippen molar-refractivity contribution in [1.29, 1.82) is 0 Å². The molecule has 1 N–H and O–H groups in total. The normalized spacial score (nSPS) is 11.7. The third-order valence-corrected chi connectivity index (χ3v) is 9.57. The van der Waals surface area contributed by atoms with E-state index >= 15 is 0 Å². The van der Waals surface area contributed by atoms with E-state index in [4.69, 9.17) is 0 Å². The van der Waals surface area contributed by atoms with E-state index in [2.05, 4.69) is 18.7 Å². The summed E-state index contributed by atoms with van der Waals surface area (Å²) in [6.07, 6.45) is 48.8. The summed E-state index contributed by atoms with van der Waals surface area (Å²) in [5, 5.41) is 9.48. The van der Waals surface area contributed by atoms with E-state index in [-0.39, 0.29) is 0 Å². The molecule has 254 valence electrons. The van der Waals surface area contributed by atoms with E-state index in [1.807, 2.05) is 0 Å². The Morgan fingerprint density at radius 3 is 0.643 bits per heavy atom. The molecule has 42 heavy (non-hydrogen) atoms. The molecule has 0 amide bonds. The standard InChI is InChI=1S/C40H83NO/c1-3-5-7-9-11-13-15-17-19-21-23-25-27-29-31-33-35-37-41(39-40-42)38-36-34-32-30-28-26-24-22-20-18-16-14-12-10-8-6-4-2/h42H,3-40H2,1-2H3. The van der Waals surface area contributed by atoms with Crippen molar-refractivity contribution in [3.8, 4) is 0 Å². The van der Waals surface area contributed by atoms with E-state index in [0.29, 0.717) is 6.61 Å². The van der Waals surface area contributed by atoms with Crippen LogP contribution in [0.1, 0.15) is 232 Å². The van der Waals surface area contributed by atoms with Gasteiger partial charge in [-0.3, -0.25) is 0 Å². The van der Waals surface area contributed by atoms with E-state index < -0.39 is 0 Å². The van der Waals surface area contributed by atoms with Crippen LogP contribution in [0.5, 0.6) is 0 Å². The van der Waals surface area contributed by atoms with Crippen LogP contribution in [0.15, 0.2) is 0 Å². The Hall–Kier alpha value is -0.0800. The molecule has 0 fully saturated rings. The molecule has 0 aromatic rings. The van der Waals surface area contributed by atoms with Crippen molar-refractivity contribution in [2.24, 2.45) is 0 Å². The van der Waals surface area contributed by atoms with E-state index in [1.54, 1.807) is 0 Å². The van der Waals surface area contributed by atoms with Crippen molar-refractivity contribution >= 4 is 0 Å². The summed E-state index contributed by atoms with van der Waals surface area (Å²) in [5.74, 6) is 0. The highest BCUT2D eigenvalue weighted by Gasteiger charge is 2.04. The molecule has 0 bridgehead atoms. The Morgan fingerprint density at radius 2 is 0.452 bits per heavy atom. The predicted octanol–water partition coefficient (Wildman–Crippen LogP) is 13.6. The number of nitrogens with zero attached hydrogens (tertiary/aromatic N) is 1. The fraction of sp³-hybridized carbons (Fsp3) is 1.00. The first-order chi connectivity index (χ1) is 20.8. The first-order valence-electron chi connectivity index (χ1n) is 20.2. The summed E-state index contributed by atoms with van der Waals surface area (Å²) in [4.78, 5) is 2.52. The Morgan fingerprint density at radius 1 is 0.262 bits per heavy atom. The van der Waals surface area contributed by atoms with Gasteiger partial charge in [-0.15, -0.1) is 0 Å². The molecule has 0 unspecified atom stereocenters. The van der Waals surface area contributed by atoms with Gasteiger partial charge < -0.3 is 10.0 Å². The van der Waals surface area contributed by atoms with Gasteiger partial charge in [-0.1, -0.05) is 219 Å². The van der Waals surface area contributed by atoms with Gasteiger partial charge in [0.05, 0.1) is 6.61 Å². The van der Waals surface area contributed by atoms with Crippen LogP contribution in [-0.4, -0.2) is 36.2 Å². The fourth-order valence-electron chi connectivity index (χ4n) is 6.60. The molecule has 0 saturated heterocycles. The summed E-state index contributed by atoms with van der Waals surface area (Å²) in [6.45, 7) is 8.18. The molecule has 0 radical (unpaired) electrons. The third kappa shape index (κ3) is 36.1. The average molecular weight is 594 g/mol. The molecule has 2 nitrogen and oxygen atoms in total. The lowest BCUT2D eigenvalue weighted by molar-refractivity contribution is 0.190. The molecule has 0 rings (SSSR count). The van der Waals surface area contributed by atoms with Crippen LogP contribution in [0.25, 0.3) is 0 Å². The highest BCUT2D eigenvalue weighted by atomic mass is 16.3. The molecule has 0 heterocycles. The molecule has 0 saturated carbocycles. The molecule has 0 atom stereocenters. The zero-order chi connectivity index (χ0) is 30.4. The summed E-state index contributed by atoms with van der Waals surface area (Å²) in [5.41, 5.74) is 0. The summed E-state index contributed by atoms with van der Waals surface area (Å²) >= 11 is 0. The van der Waals surface area contributed by atoms with Crippen molar-refractivity contribution in [3.05, 3.63) is 0 Å². The first-order valence-corrected chi connectivity index (χ1v) is 20.2. The van der Waals surface area contributed by atoms with Crippen LogP contribution >= 0.6 is 0 Å². The van der Waals surface area contributed by atoms with Crippen molar-refractivity contribution in [1.82, 2.24) is 4.90 Å². The SMILES string of the molecule is CCCCCCCCCCCCCCCCCCCN(CCO)CCCCCCCCCCCCCCCCCCC. The van der Waals surface area contributed by atoms with Gasteiger partial charge in [0.1, 0.15) is 0 Å². The van der Waals surface area contributed by atoms with E-state index in [1.165, 1.54) is 231 Å². The Bertz CT molecular complexity index is 415. The van der Waals surface area contributed by atoms with Crippen molar-refractivity contribution in [2.45, 2.75) is 232 Å². The van der Waals surface area contributed by atoms with Crippen molar-refractivity contribution in [3.63, 3.8) is 0 Å². The van der Waals surface area contributed by atoms with E-state index in [9.17, 15) is 5.11 Å². The zero-order valence-electron chi connectivity index (χ0n) is 29.8. The van der Waals surface area contributed by atoms with Gasteiger partial charge in [0, 0.05) is 6.54 Å². The highest BCUT2D eigenvalue weighted by Crippen LogP contribution is 2.16. The maximum Gasteiger partial charge on any atom is 0.0558 e. The first kappa shape index (κ1) is 41.9. The number of unbranched alkanes of at least 4 members (excludes halogenated alkanes) is 32. The quantitative estimate of drug-likeness (QED) is 0.0720. The lowest BCUT2D eigenvalue weighted by Gasteiger charge is -2.21. The van der Waals surface area contributed by atoms with Gasteiger partial charge in [0.15, 0.2) is 0 Å². The van der Waals surface area contributed by atoms with Crippen LogP contribution < -0.4 is 0 Å². The van der Waals surface area contributed by atoms with Crippen molar-refractivity contribution in [2.75, 3.05) is 26.2 Å². The minimum Gasteiger partial charge on any atom is -0.395 e. The molecule has 2 heteroatoms. The van der Waals surface area contributed by atoms with Gasteiger partial charge in [0.25, 0.3) is 0 Å². The molecule has 0 aliphatic rings. The van der Waals surface area contributed by atoms with Gasteiger partial charge in [-0.25, -0.2) is 0 Å². The third-order valence-electron chi connectivity index (χ3n) is 9.57. The Balaban J connectivity index is 3.34. The van der Waals surface area contributed by atoms with Crippen LogP contribution in [0, 0.1) is 0 Å². The van der Waals surface area contributed by atoms with Crippen LogP contribution in [-0.2, 0) is 0 Å². The van der Waals surface area contributed by atoms with Crippen molar-refractivity contribution < 1.29 is 5.11 Å². The fourth-order valence-corrected chi connectivity index (χ4v) is 6.60. The molecule has 0 aliphatic heterocycles.